The van der Waals surface area contributed by atoms with E-state index in [1.54, 1.807) is 37.1 Å². The quantitative estimate of drug-likeness (QED) is 0.280. The number of hydrogen-bond donors (Lipinski definition) is 1. The first-order valence-corrected chi connectivity index (χ1v) is 16.9. The number of carbonyl (C=O) groups excluding carboxylic acids is 1. The first-order chi connectivity index (χ1) is 19.1. The molecule has 0 aliphatic rings. The van der Waals surface area contributed by atoms with Gasteiger partial charge in [0.25, 0.3) is 0 Å². The van der Waals surface area contributed by atoms with Crippen molar-refractivity contribution >= 4 is 42.3 Å². The van der Waals surface area contributed by atoms with Gasteiger partial charge in [0.1, 0.15) is 0 Å². The molecule has 8 nitrogen and oxygen atoms in total. The van der Waals surface area contributed by atoms with Crippen molar-refractivity contribution < 1.29 is 21.6 Å². The average Bonchev–Trinajstić information content (AvgIpc) is 2.89. The number of nitrogens with zero attached hydrogens (tertiary/aromatic N) is 2. The number of fused-ring (bicyclic) bond motifs is 1. The summed E-state index contributed by atoms with van der Waals surface area (Å²) in [7, 11) is -6.80. The minimum absolute atomic E-state index is 0.106. The number of nitrogens with one attached hydrogen (secondary N) is 1. The number of sulfone groups is 2. The van der Waals surface area contributed by atoms with E-state index in [0.717, 1.165) is 33.8 Å². The Kier molecular flexibility index (Phi) is 8.29. The summed E-state index contributed by atoms with van der Waals surface area (Å²) in [6.07, 6.45) is 4.08. The fourth-order valence-electron chi connectivity index (χ4n) is 4.47. The molecule has 1 aromatic heterocycles. The molecule has 2 amide bonds. The van der Waals surface area contributed by atoms with Gasteiger partial charge in [0.05, 0.1) is 21.7 Å². The van der Waals surface area contributed by atoms with Crippen LogP contribution in [0, 0.1) is 0 Å². The second-order valence-electron chi connectivity index (χ2n) is 11.0. The van der Waals surface area contributed by atoms with Crippen LogP contribution in [0.25, 0.3) is 22.0 Å². The average molecular weight is 594 g/mol. The Balaban J connectivity index is 1.80. The molecule has 0 aliphatic heterocycles. The molecule has 0 spiro atoms. The standard InChI is InChI=1S/C31H35N3O5S2/c1-21(2)33-30(35)34(26-12-14-27(15-13-26)40(5,36)37)20-22-9-7-10-23(17-22)28-19-25(31(3,4)41(6,38)39)18-24-11-8-16-32-29(24)28/h7-19,21H,20H2,1-6H3,(H,33,35). The van der Waals surface area contributed by atoms with Crippen LogP contribution in [0.15, 0.2) is 83.9 Å². The lowest BCUT2D eigenvalue weighted by Gasteiger charge is -2.26. The third-order valence-electron chi connectivity index (χ3n) is 7.14. The van der Waals surface area contributed by atoms with E-state index in [0.29, 0.717) is 11.3 Å². The summed E-state index contributed by atoms with van der Waals surface area (Å²) in [4.78, 5) is 19.6. The summed E-state index contributed by atoms with van der Waals surface area (Å²) in [5.74, 6) is 0. The maximum absolute atomic E-state index is 13.2. The van der Waals surface area contributed by atoms with Crippen molar-refractivity contribution in [1.82, 2.24) is 10.3 Å². The smallest absolute Gasteiger partial charge is 0.322 e. The summed E-state index contributed by atoms with van der Waals surface area (Å²) in [6, 6.07) is 21.0. The lowest BCUT2D eigenvalue weighted by atomic mass is 9.93. The van der Waals surface area contributed by atoms with Gasteiger partial charge in [0.15, 0.2) is 19.7 Å². The van der Waals surface area contributed by atoms with E-state index in [9.17, 15) is 21.6 Å². The highest BCUT2D eigenvalue weighted by atomic mass is 32.2. The number of rotatable bonds is 8. The van der Waals surface area contributed by atoms with Crippen LogP contribution in [0.2, 0.25) is 0 Å². The fraction of sp³-hybridized carbons (Fsp3) is 0.290. The van der Waals surface area contributed by atoms with Crippen LogP contribution in [-0.2, 0) is 31.0 Å². The van der Waals surface area contributed by atoms with Crippen molar-refractivity contribution in [2.75, 3.05) is 17.4 Å². The highest BCUT2D eigenvalue weighted by Gasteiger charge is 2.33. The lowest BCUT2D eigenvalue weighted by molar-refractivity contribution is 0.243. The van der Waals surface area contributed by atoms with Gasteiger partial charge < -0.3 is 5.32 Å². The van der Waals surface area contributed by atoms with Crippen molar-refractivity contribution in [3.05, 3.63) is 90.1 Å². The third-order valence-corrected chi connectivity index (χ3v) is 10.4. The van der Waals surface area contributed by atoms with E-state index in [-0.39, 0.29) is 23.5 Å². The van der Waals surface area contributed by atoms with Crippen molar-refractivity contribution in [1.29, 1.82) is 0 Å². The number of benzene rings is 3. The molecule has 3 aromatic carbocycles. The molecule has 0 saturated carbocycles. The first-order valence-electron chi connectivity index (χ1n) is 13.1. The van der Waals surface area contributed by atoms with Gasteiger partial charge in [0.2, 0.25) is 0 Å². The van der Waals surface area contributed by atoms with E-state index in [4.69, 9.17) is 0 Å². The van der Waals surface area contributed by atoms with Crippen LogP contribution in [0.5, 0.6) is 0 Å². The Morgan fingerprint density at radius 1 is 0.927 bits per heavy atom. The minimum atomic E-state index is -3.42. The molecule has 10 heteroatoms. The predicted molar refractivity (Wildman–Crippen MR) is 164 cm³/mol. The molecular formula is C31H35N3O5S2. The normalized spacial score (nSPS) is 12.5. The molecule has 0 unspecified atom stereocenters. The van der Waals surface area contributed by atoms with Crippen molar-refractivity contribution in [3.8, 4) is 11.1 Å². The second kappa shape index (κ2) is 11.3. The number of anilines is 1. The minimum Gasteiger partial charge on any atom is -0.336 e. The zero-order valence-electron chi connectivity index (χ0n) is 24.0. The highest BCUT2D eigenvalue weighted by molar-refractivity contribution is 7.91. The Morgan fingerprint density at radius 2 is 1.61 bits per heavy atom. The van der Waals surface area contributed by atoms with Crippen LogP contribution in [0.1, 0.15) is 38.8 Å². The summed E-state index contributed by atoms with van der Waals surface area (Å²) < 4.78 is 48.1. The topological polar surface area (TPSA) is 114 Å². The van der Waals surface area contributed by atoms with Crippen molar-refractivity contribution in [2.24, 2.45) is 0 Å². The molecule has 0 bridgehead atoms. The van der Waals surface area contributed by atoms with Crippen LogP contribution in [0.4, 0.5) is 10.5 Å². The maximum atomic E-state index is 13.2. The number of carbonyl (C=O) groups is 1. The van der Waals surface area contributed by atoms with Gasteiger partial charge in [-0.05, 0) is 92.9 Å². The molecule has 41 heavy (non-hydrogen) atoms. The molecule has 216 valence electrons. The zero-order valence-corrected chi connectivity index (χ0v) is 25.7. The summed E-state index contributed by atoms with van der Waals surface area (Å²) in [6.45, 7) is 7.34. The molecule has 4 aromatic rings. The van der Waals surface area contributed by atoms with E-state index in [1.807, 2.05) is 62.4 Å². The van der Waals surface area contributed by atoms with Gasteiger partial charge in [-0.25, -0.2) is 21.6 Å². The molecule has 0 aliphatic carbocycles. The number of aromatic nitrogens is 1. The van der Waals surface area contributed by atoms with E-state index < -0.39 is 24.4 Å². The van der Waals surface area contributed by atoms with Crippen LogP contribution >= 0.6 is 0 Å². The molecule has 0 saturated heterocycles. The van der Waals surface area contributed by atoms with E-state index in [1.165, 1.54) is 18.4 Å². The Bertz CT molecular complexity index is 1810. The van der Waals surface area contributed by atoms with Gasteiger partial charge in [-0.1, -0.05) is 24.3 Å². The van der Waals surface area contributed by atoms with Crippen molar-refractivity contribution in [3.63, 3.8) is 0 Å². The number of hydrogen-bond acceptors (Lipinski definition) is 6. The summed E-state index contributed by atoms with van der Waals surface area (Å²) in [5, 5.41) is 3.74. The molecule has 0 radical (unpaired) electrons. The SMILES string of the molecule is CC(C)NC(=O)N(Cc1cccc(-c2cc(C(C)(C)S(C)(=O)=O)cc3cccnc23)c1)c1ccc(S(C)(=O)=O)cc1. The monoisotopic (exact) mass is 593 g/mol. The fourth-order valence-corrected chi connectivity index (χ4v) is 5.65. The van der Waals surface area contributed by atoms with Crippen molar-refractivity contribution in [2.45, 2.75) is 49.9 Å². The van der Waals surface area contributed by atoms with E-state index in [2.05, 4.69) is 10.3 Å². The summed E-state index contributed by atoms with van der Waals surface area (Å²) in [5.41, 5.74) is 4.38. The molecule has 0 fully saturated rings. The largest absolute Gasteiger partial charge is 0.336 e. The Hall–Kier alpha value is -3.76. The molecule has 0 atom stereocenters. The van der Waals surface area contributed by atoms with Gasteiger partial charge in [-0.15, -0.1) is 0 Å². The summed E-state index contributed by atoms with van der Waals surface area (Å²) >= 11 is 0. The molecule has 1 N–H and O–H groups in total. The van der Waals surface area contributed by atoms with Crippen LogP contribution in [-0.4, -0.2) is 46.4 Å². The van der Waals surface area contributed by atoms with Gasteiger partial charge in [-0.3, -0.25) is 9.88 Å². The number of urea groups is 1. The molecule has 1 heterocycles. The third kappa shape index (κ3) is 6.60. The number of amides is 2. The molecular weight excluding hydrogens is 558 g/mol. The van der Waals surface area contributed by atoms with Crippen LogP contribution < -0.4 is 10.2 Å². The van der Waals surface area contributed by atoms with Gasteiger partial charge >= 0.3 is 6.03 Å². The van der Waals surface area contributed by atoms with Gasteiger partial charge in [-0.2, -0.15) is 0 Å². The van der Waals surface area contributed by atoms with E-state index >= 15 is 0 Å². The molecule has 4 rings (SSSR count). The van der Waals surface area contributed by atoms with Crippen LogP contribution in [0.3, 0.4) is 0 Å². The van der Waals surface area contributed by atoms with Gasteiger partial charge in [0, 0.05) is 41.4 Å². The highest BCUT2D eigenvalue weighted by Crippen LogP contribution is 2.36. The number of pyridine rings is 1. The zero-order chi connectivity index (χ0) is 30.2. The first kappa shape index (κ1) is 30.2. The lowest BCUT2D eigenvalue weighted by Crippen LogP contribution is -2.42. The Morgan fingerprint density at radius 3 is 2.22 bits per heavy atom. The Labute approximate surface area is 242 Å². The maximum Gasteiger partial charge on any atom is 0.322 e. The second-order valence-corrected chi connectivity index (χ2v) is 15.6. The predicted octanol–water partition coefficient (Wildman–Crippen LogP) is 5.71.